The van der Waals surface area contributed by atoms with Gasteiger partial charge in [0.25, 0.3) is 5.91 Å². The first-order chi connectivity index (χ1) is 12.5. The molecule has 2 rings (SSSR count). The third-order valence-electron chi connectivity index (χ3n) is 3.73. The van der Waals surface area contributed by atoms with Gasteiger partial charge in [0.2, 0.25) is 15.9 Å². The standard InChI is InChI=1S/C19H23N3O4S/c1-12(2)18(23)20-15-7-9-16(10-8-15)21-19(24)14-6-5-13(3)17(11-14)22-27(4,25)26/h5-12,22H,1-4H3,(H,20,23)(H,21,24). The Balaban J connectivity index is 2.11. The van der Waals surface area contributed by atoms with Crippen LogP contribution in [0.1, 0.15) is 29.8 Å². The maximum absolute atomic E-state index is 12.4. The molecular formula is C19H23N3O4S. The van der Waals surface area contributed by atoms with Crippen molar-refractivity contribution in [3.63, 3.8) is 0 Å². The van der Waals surface area contributed by atoms with Gasteiger partial charge in [-0.15, -0.1) is 0 Å². The van der Waals surface area contributed by atoms with Gasteiger partial charge in [0.15, 0.2) is 0 Å². The Bertz CT molecular complexity index is 951. The van der Waals surface area contributed by atoms with Crippen LogP contribution >= 0.6 is 0 Å². The molecule has 27 heavy (non-hydrogen) atoms. The third-order valence-corrected chi connectivity index (χ3v) is 4.32. The van der Waals surface area contributed by atoms with E-state index in [1.165, 1.54) is 6.07 Å². The molecule has 0 saturated carbocycles. The molecule has 0 aliphatic rings. The summed E-state index contributed by atoms with van der Waals surface area (Å²) in [6.07, 6.45) is 1.05. The molecule has 7 nitrogen and oxygen atoms in total. The predicted molar refractivity (Wildman–Crippen MR) is 108 cm³/mol. The number of hydrogen-bond acceptors (Lipinski definition) is 4. The maximum Gasteiger partial charge on any atom is 0.255 e. The molecule has 2 aromatic carbocycles. The molecule has 0 bridgehead atoms. The molecule has 0 unspecified atom stereocenters. The zero-order valence-electron chi connectivity index (χ0n) is 15.7. The van der Waals surface area contributed by atoms with Gasteiger partial charge in [-0.25, -0.2) is 8.42 Å². The van der Waals surface area contributed by atoms with Gasteiger partial charge in [0, 0.05) is 22.9 Å². The van der Waals surface area contributed by atoms with E-state index >= 15 is 0 Å². The van der Waals surface area contributed by atoms with Crippen molar-refractivity contribution in [3.05, 3.63) is 53.6 Å². The Morgan fingerprint density at radius 2 is 1.48 bits per heavy atom. The van der Waals surface area contributed by atoms with E-state index in [9.17, 15) is 18.0 Å². The second kappa shape index (κ2) is 8.22. The number of nitrogens with one attached hydrogen (secondary N) is 3. The largest absolute Gasteiger partial charge is 0.326 e. The molecule has 0 aliphatic heterocycles. The van der Waals surface area contributed by atoms with Gasteiger partial charge >= 0.3 is 0 Å². The van der Waals surface area contributed by atoms with E-state index in [-0.39, 0.29) is 17.7 Å². The monoisotopic (exact) mass is 389 g/mol. The molecule has 0 aromatic heterocycles. The quantitative estimate of drug-likeness (QED) is 0.705. The number of sulfonamides is 1. The number of aryl methyl sites for hydroxylation is 1. The number of carbonyl (C=O) groups excluding carboxylic acids is 2. The summed E-state index contributed by atoms with van der Waals surface area (Å²) in [6, 6.07) is 11.5. The fourth-order valence-corrected chi connectivity index (χ4v) is 2.82. The Kier molecular flexibility index (Phi) is 6.22. The van der Waals surface area contributed by atoms with Crippen molar-refractivity contribution in [1.29, 1.82) is 0 Å². The highest BCUT2D eigenvalue weighted by Gasteiger charge is 2.12. The minimum absolute atomic E-state index is 0.0858. The molecule has 2 amide bonds. The lowest BCUT2D eigenvalue weighted by molar-refractivity contribution is -0.118. The van der Waals surface area contributed by atoms with Crippen molar-refractivity contribution in [2.45, 2.75) is 20.8 Å². The number of hydrogen-bond donors (Lipinski definition) is 3. The highest BCUT2D eigenvalue weighted by Crippen LogP contribution is 2.20. The van der Waals surface area contributed by atoms with E-state index in [1.807, 2.05) is 0 Å². The van der Waals surface area contributed by atoms with E-state index in [0.717, 1.165) is 6.26 Å². The topological polar surface area (TPSA) is 104 Å². The molecule has 0 fully saturated rings. The molecule has 0 aliphatic carbocycles. The third kappa shape index (κ3) is 6.10. The fraction of sp³-hybridized carbons (Fsp3) is 0.263. The molecule has 0 radical (unpaired) electrons. The minimum Gasteiger partial charge on any atom is -0.326 e. The molecule has 2 aromatic rings. The van der Waals surface area contributed by atoms with Crippen LogP contribution in [0.4, 0.5) is 17.1 Å². The second-order valence-electron chi connectivity index (χ2n) is 6.58. The smallest absolute Gasteiger partial charge is 0.255 e. The minimum atomic E-state index is -3.44. The van der Waals surface area contributed by atoms with Gasteiger partial charge in [0.1, 0.15) is 0 Å². The van der Waals surface area contributed by atoms with Gasteiger partial charge < -0.3 is 10.6 Å². The average Bonchev–Trinajstić information content (AvgIpc) is 2.57. The molecule has 8 heteroatoms. The van der Waals surface area contributed by atoms with E-state index < -0.39 is 10.0 Å². The fourth-order valence-electron chi connectivity index (χ4n) is 2.20. The van der Waals surface area contributed by atoms with Gasteiger partial charge in [0.05, 0.1) is 11.9 Å². The summed E-state index contributed by atoms with van der Waals surface area (Å²) in [5.74, 6) is -0.580. The molecule has 0 spiro atoms. The van der Waals surface area contributed by atoms with Crippen molar-refractivity contribution in [2.75, 3.05) is 21.6 Å². The van der Waals surface area contributed by atoms with Crippen LogP contribution in [-0.2, 0) is 14.8 Å². The molecule has 144 valence electrons. The summed E-state index contributed by atoms with van der Waals surface area (Å²) in [5, 5.41) is 5.51. The predicted octanol–water partition coefficient (Wildman–Crippen LogP) is 3.21. The number of anilines is 3. The van der Waals surface area contributed by atoms with Crippen LogP contribution in [0.25, 0.3) is 0 Å². The van der Waals surface area contributed by atoms with E-state index in [1.54, 1.807) is 57.2 Å². The van der Waals surface area contributed by atoms with Crippen LogP contribution in [-0.4, -0.2) is 26.5 Å². The summed E-state index contributed by atoms with van der Waals surface area (Å²) in [5.41, 5.74) is 2.59. The molecular weight excluding hydrogens is 366 g/mol. The number of carbonyl (C=O) groups is 2. The number of rotatable bonds is 6. The van der Waals surface area contributed by atoms with Crippen LogP contribution in [0.15, 0.2) is 42.5 Å². The van der Waals surface area contributed by atoms with E-state index in [4.69, 9.17) is 0 Å². The SMILES string of the molecule is Cc1ccc(C(=O)Nc2ccc(NC(=O)C(C)C)cc2)cc1NS(C)(=O)=O. The van der Waals surface area contributed by atoms with Gasteiger partial charge in [-0.05, 0) is 48.9 Å². The second-order valence-corrected chi connectivity index (χ2v) is 8.33. The first-order valence-corrected chi connectivity index (χ1v) is 10.2. The van der Waals surface area contributed by atoms with Crippen LogP contribution in [0.5, 0.6) is 0 Å². The van der Waals surface area contributed by atoms with Crippen LogP contribution < -0.4 is 15.4 Å². The molecule has 0 atom stereocenters. The molecule has 0 heterocycles. The zero-order chi connectivity index (χ0) is 20.2. The first-order valence-electron chi connectivity index (χ1n) is 8.36. The summed E-state index contributed by atoms with van der Waals surface area (Å²) in [7, 11) is -3.44. The summed E-state index contributed by atoms with van der Waals surface area (Å²) in [6.45, 7) is 5.36. The highest BCUT2D eigenvalue weighted by molar-refractivity contribution is 7.92. The first kappa shape index (κ1) is 20.4. The van der Waals surface area contributed by atoms with Crippen LogP contribution in [0.2, 0.25) is 0 Å². The van der Waals surface area contributed by atoms with Gasteiger partial charge in [-0.3, -0.25) is 14.3 Å². The van der Waals surface area contributed by atoms with E-state index in [0.29, 0.717) is 28.2 Å². The Hall–Kier alpha value is -2.87. The normalized spacial score (nSPS) is 11.1. The summed E-state index contributed by atoms with van der Waals surface area (Å²) >= 11 is 0. The number of amides is 2. The van der Waals surface area contributed by atoms with Crippen LogP contribution in [0, 0.1) is 12.8 Å². The van der Waals surface area contributed by atoms with E-state index in [2.05, 4.69) is 15.4 Å². The molecule has 0 saturated heterocycles. The number of benzene rings is 2. The zero-order valence-corrected chi connectivity index (χ0v) is 16.5. The lowest BCUT2D eigenvalue weighted by Crippen LogP contribution is -2.17. The Morgan fingerprint density at radius 1 is 0.926 bits per heavy atom. The van der Waals surface area contributed by atoms with Crippen molar-refractivity contribution >= 4 is 38.9 Å². The lowest BCUT2D eigenvalue weighted by Gasteiger charge is -2.11. The Labute approximate surface area is 159 Å². The van der Waals surface area contributed by atoms with Crippen LogP contribution in [0.3, 0.4) is 0 Å². The maximum atomic E-state index is 12.4. The highest BCUT2D eigenvalue weighted by atomic mass is 32.2. The van der Waals surface area contributed by atoms with Crippen molar-refractivity contribution in [1.82, 2.24) is 0 Å². The Morgan fingerprint density at radius 3 is 2.00 bits per heavy atom. The molecule has 3 N–H and O–H groups in total. The van der Waals surface area contributed by atoms with Crippen molar-refractivity contribution in [3.8, 4) is 0 Å². The van der Waals surface area contributed by atoms with Crippen molar-refractivity contribution in [2.24, 2.45) is 5.92 Å². The average molecular weight is 389 g/mol. The summed E-state index contributed by atoms with van der Waals surface area (Å²) < 4.78 is 25.3. The van der Waals surface area contributed by atoms with Crippen molar-refractivity contribution < 1.29 is 18.0 Å². The lowest BCUT2D eigenvalue weighted by atomic mass is 10.1. The van der Waals surface area contributed by atoms with Gasteiger partial charge in [-0.1, -0.05) is 19.9 Å². The summed E-state index contributed by atoms with van der Waals surface area (Å²) in [4.78, 5) is 24.1. The van der Waals surface area contributed by atoms with Gasteiger partial charge in [-0.2, -0.15) is 0 Å².